The minimum Gasteiger partial charge on any atom is -0.387 e. The molecule has 1 aromatic heterocycles. The SMILES string of the molecule is Cc1sc(C(O)Cc2ccc(Cl)cc2F)cc1Br. The lowest BCUT2D eigenvalue weighted by Gasteiger charge is -2.09. The average molecular weight is 350 g/mol. The van der Waals surface area contributed by atoms with E-state index in [1.165, 1.54) is 17.4 Å². The third kappa shape index (κ3) is 3.12. The summed E-state index contributed by atoms with van der Waals surface area (Å²) in [6.45, 7) is 1.97. The number of aliphatic hydroxyl groups is 1. The van der Waals surface area contributed by atoms with Crippen LogP contribution >= 0.6 is 38.9 Å². The maximum Gasteiger partial charge on any atom is 0.127 e. The van der Waals surface area contributed by atoms with Crippen molar-refractivity contribution in [3.8, 4) is 0 Å². The van der Waals surface area contributed by atoms with Gasteiger partial charge in [0.05, 0.1) is 6.10 Å². The van der Waals surface area contributed by atoms with Crippen LogP contribution in [0.5, 0.6) is 0 Å². The maximum absolute atomic E-state index is 13.6. The van der Waals surface area contributed by atoms with Crippen molar-refractivity contribution in [3.63, 3.8) is 0 Å². The predicted octanol–water partition coefficient (Wildman–Crippen LogP) is 4.89. The number of hydrogen-bond acceptors (Lipinski definition) is 2. The Labute approximate surface area is 122 Å². The quantitative estimate of drug-likeness (QED) is 0.836. The normalized spacial score (nSPS) is 12.7. The summed E-state index contributed by atoms with van der Waals surface area (Å²) < 4.78 is 14.6. The fourth-order valence-electron chi connectivity index (χ4n) is 1.64. The summed E-state index contributed by atoms with van der Waals surface area (Å²) in [5.41, 5.74) is 0.467. The molecule has 0 bridgehead atoms. The maximum atomic E-state index is 13.6. The van der Waals surface area contributed by atoms with Gasteiger partial charge in [-0.3, -0.25) is 0 Å². The van der Waals surface area contributed by atoms with E-state index in [-0.39, 0.29) is 12.2 Å². The van der Waals surface area contributed by atoms with Gasteiger partial charge in [-0.25, -0.2) is 4.39 Å². The Bertz CT molecular complexity index is 551. The summed E-state index contributed by atoms with van der Waals surface area (Å²) in [5.74, 6) is -0.381. The Balaban J connectivity index is 2.18. The highest BCUT2D eigenvalue weighted by Crippen LogP contribution is 2.32. The minimum absolute atomic E-state index is 0.245. The minimum atomic E-state index is -0.698. The van der Waals surface area contributed by atoms with Crippen molar-refractivity contribution in [3.05, 3.63) is 54.9 Å². The second-order valence-electron chi connectivity index (χ2n) is 4.01. The van der Waals surface area contributed by atoms with Gasteiger partial charge in [0.2, 0.25) is 0 Å². The Hall–Kier alpha value is -0.420. The molecule has 1 heterocycles. The van der Waals surface area contributed by atoms with Gasteiger partial charge in [0.25, 0.3) is 0 Å². The van der Waals surface area contributed by atoms with Crippen LogP contribution in [-0.4, -0.2) is 5.11 Å². The molecule has 0 radical (unpaired) electrons. The number of benzene rings is 1. The van der Waals surface area contributed by atoms with Crippen molar-refractivity contribution in [2.45, 2.75) is 19.4 Å². The van der Waals surface area contributed by atoms with Gasteiger partial charge in [0.1, 0.15) is 5.82 Å². The highest BCUT2D eigenvalue weighted by molar-refractivity contribution is 9.10. The Morgan fingerprint density at radius 1 is 1.44 bits per heavy atom. The molecule has 1 atom stereocenters. The van der Waals surface area contributed by atoms with Crippen molar-refractivity contribution in [1.29, 1.82) is 0 Å². The fourth-order valence-corrected chi connectivity index (χ4v) is 3.35. The number of thiophene rings is 1. The molecule has 0 aliphatic rings. The first-order valence-corrected chi connectivity index (χ1v) is 7.34. The number of halogens is 3. The lowest BCUT2D eigenvalue weighted by molar-refractivity contribution is 0.181. The Morgan fingerprint density at radius 3 is 2.72 bits per heavy atom. The van der Waals surface area contributed by atoms with Crippen LogP contribution in [-0.2, 0) is 6.42 Å². The summed E-state index contributed by atoms with van der Waals surface area (Å²) in [4.78, 5) is 1.93. The molecule has 0 aliphatic heterocycles. The van der Waals surface area contributed by atoms with E-state index in [1.54, 1.807) is 12.1 Å². The largest absolute Gasteiger partial charge is 0.387 e. The van der Waals surface area contributed by atoms with Gasteiger partial charge in [-0.1, -0.05) is 17.7 Å². The molecule has 0 fully saturated rings. The molecule has 96 valence electrons. The van der Waals surface area contributed by atoms with E-state index in [2.05, 4.69) is 15.9 Å². The van der Waals surface area contributed by atoms with Crippen LogP contribution in [0.1, 0.15) is 21.4 Å². The van der Waals surface area contributed by atoms with Crippen LogP contribution in [0.15, 0.2) is 28.7 Å². The Kier molecular flexibility index (Phi) is 4.43. The average Bonchev–Trinajstić information content (AvgIpc) is 2.63. The third-order valence-electron chi connectivity index (χ3n) is 2.63. The van der Waals surface area contributed by atoms with Gasteiger partial charge in [-0.15, -0.1) is 11.3 Å². The molecule has 1 nitrogen and oxygen atoms in total. The van der Waals surface area contributed by atoms with Crippen LogP contribution < -0.4 is 0 Å². The summed E-state index contributed by atoms with van der Waals surface area (Å²) in [5, 5.41) is 10.5. The molecule has 0 saturated carbocycles. The highest BCUT2D eigenvalue weighted by Gasteiger charge is 2.15. The molecule has 1 N–H and O–H groups in total. The first-order valence-electron chi connectivity index (χ1n) is 5.35. The van der Waals surface area contributed by atoms with E-state index in [1.807, 2.05) is 13.0 Å². The molecule has 5 heteroatoms. The number of aryl methyl sites for hydroxylation is 1. The standard InChI is InChI=1S/C13H11BrClFOS/c1-7-10(14)6-13(18-7)12(17)4-8-2-3-9(15)5-11(8)16/h2-3,5-6,12,17H,4H2,1H3. The van der Waals surface area contributed by atoms with Gasteiger partial charge in [-0.2, -0.15) is 0 Å². The highest BCUT2D eigenvalue weighted by atomic mass is 79.9. The molecule has 18 heavy (non-hydrogen) atoms. The molecule has 0 amide bonds. The van der Waals surface area contributed by atoms with E-state index in [0.29, 0.717) is 10.6 Å². The van der Waals surface area contributed by atoms with Crippen LogP contribution in [0.2, 0.25) is 5.02 Å². The lowest BCUT2D eigenvalue weighted by atomic mass is 10.1. The molecular weight excluding hydrogens is 339 g/mol. The smallest absolute Gasteiger partial charge is 0.127 e. The van der Waals surface area contributed by atoms with Crippen LogP contribution in [0.3, 0.4) is 0 Å². The molecule has 2 rings (SSSR count). The van der Waals surface area contributed by atoms with Crippen molar-refractivity contribution in [2.24, 2.45) is 0 Å². The van der Waals surface area contributed by atoms with E-state index >= 15 is 0 Å². The van der Waals surface area contributed by atoms with Crippen molar-refractivity contribution in [2.75, 3.05) is 0 Å². The zero-order chi connectivity index (χ0) is 13.3. The monoisotopic (exact) mass is 348 g/mol. The first kappa shape index (κ1) is 14.0. The molecule has 0 aliphatic carbocycles. The second kappa shape index (κ2) is 5.70. The molecule has 2 aromatic rings. The predicted molar refractivity (Wildman–Crippen MR) is 76.8 cm³/mol. The summed E-state index contributed by atoms with van der Waals surface area (Å²) in [7, 11) is 0. The summed E-state index contributed by atoms with van der Waals surface area (Å²) in [6, 6.07) is 6.37. The van der Waals surface area contributed by atoms with E-state index in [0.717, 1.165) is 14.2 Å². The van der Waals surface area contributed by atoms with Gasteiger partial charge in [-0.05, 0) is 46.6 Å². The van der Waals surface area contributed by atoms with E-state index in [9.17, 15) is 9.50 Å². The summed E-state index contributed by atoms with van der Waals surface area (Å²) in [6.07, 6.45) is -0.453. The van der Waals surface area contributed by atoms with Crippen LogP contribution in [0, 0.1) is 12.7 Å². The molecule has 1 aromatic carbocycles. The zero-order valence-electron chi connectivity index (χ0n) is 9.58. The van der Waals surface area contributed by atoms with Gasteiger partial charge >= 0.3 is 0 Å². The van der Waals surface area contributed by atoms with Gasteiger partial charge in [0.15, 0.2) is 0 Å². The van der Waals surface area contributed by atoms with E-state index in [4.69, 9.17) is 11.6 Å². The third-order valence-corrected chi connectivity index (χ3v) is 5.11. The number of hydrogen-bond donors (Lipinski definition) is 1. The van der Waals surface area contributed by atoms with Crippen molar-refractivity contribution < 1.29 is 9.50 Å². The van der Waals surface area contributed by atoms with Crippen LogP contribution in [0.25, 0.3) is 0 Å². The Morgan fingerprint density at radius 2 is 2.17 bits per heavy atom. The molecule has 1 unspecified atom stereocenters. The van der Waals surface area contributed by atoms with Gasteiger partial charge in [0, 0.05) is 25.7 Å². The zero-order valence-corrected chi connectivity index (χ0v) is 12.7. The lowest BCUT2D eigenvalue weighted by Crippen LogP contribution is -2.01. The summed E-state index contributed by atoms with van der Waals surface area (Å²) >= 11 is 10.6. The van der Waals surface area contributed by atoms with Crippen molar-refractivity contribution in [1.82, 2.24) is 0 Å². The topological polar surface area (TPSA) is 20.2 Å². The number of rotatable bonds is 3. The number of aliphatic hydroxyl groups excluding tert-OH is 1. The van der Waals surface area contributed by atoms with Crippen LogP contribution in [0.4, 0.5) is 4.39 Å². The second-order valence-corrected chi connectivity index (χ2v) is 6.59. The van der Waals surface area contributed by atoms with E-state index < -0.39 is 6.10 Å². The van der Waals surface area contributed by atoms with Crippen molar-refractivity contribution >= 4 is 38.9 Å². The molecule has 0 saturated heterocycles. The fraction of sp³-hybridized carbons (Fsp3) is 0.231. The molecule has 0 spiro atoms. The molecular formula is C13H11BrClFOS. The first-order chi connectivity index (χ1) is 8.47. The van der Waals surface area contributed by atoms with Gasteiger partial charge < -0.3 is 5.11 Å².